The number of amides is 2. The van der Waals surface area contributed by atoms with Gasteiger partial charge in [0.2, 0.25) is 0 Å². The molecule has 0 spiro atoms. The molecule has 2 amide bonds. The predicted octanol–water partition coefficient (Wildman–Crippen LogP) is 1.15. The Bertz CT molecular complexity index is 576. The lowest BCUT2D eigenvalue weighted by molar-refractivity contribution is -0.143. The van der Waals surface area contributed by atoms with Gasteiger partial charge in [-0.3, -0.25) is 14.5 Å². The first kappa shape index (κ1) is 15.2. The van der Waals surface area contributed by atoms with E-state index in [1.165, 1.54) is 11.8 Å². The molecule has 7 nitrogen and oxygen atoms in total. The molecule has 0 aromatic carbocycles. The molecule has 4 atom stereocenters. The van der Waals surface area contributed by atoms with Gasteiger partial charge >= 0.3 is 12.1 Å². The zero-order valence-electron chi connectivity index (χ0n) is 12.4. The van der Waals surface area contributed by atoms with Crippen LogP contribution in [-0.4, -0.2) is 50.2 Å². The molecule has 3 fully saturated rings. The fourth-order valence-corrected chi connectivity index (χ4v) is 4.18. The van der Waals surface area contributed by atoms with E-state index in [2.05, 4.69) is 11.9 Å². The van der Waals surface area contributed by atoms with Crippen LogP contribution in [0.1, 0.15) is 26.7 Å². The number of β-lactam (4-membered cyclic amide) rings is 1. The zero-order chi connectivity index (χ0) is 16.2. The second-order valence-corrected chi connectivity index (χ2v) is 7.61. The zero-order valence-corrected chi connectivity index (χ0v) is 13.2. The van der Waals surface area contributed by atoms with Crippen molar-refractivity contribution in [1.29, 1.82) is 0 Å². The van der Waals surface area contributed by atoms with Crippen molar-refractivity contribution >= 4 is 29.7 Å². The van der Waals surface area contributed by atoms with Gasteiger partial charge in [0, 0.05) is 5.70 Å². The molecule has 1 saturated carbocycles. The highest BCUT2D eigenvalue weighted by Crippen LogP contribution is 2.52. The fraction of sp³-hybridized carbons (Fsp3) is 0.643. The largest absolute Gasteiger partial charge is 0.480 e. The van der Waals surface area contributed by atoms with Crippen molar-refractivity contribution in [1.82, 2.24) is 10.2 Å². The number of carboxylic acids is 1. The van der Waals surface area contributed by atoms with Crippen LogP contribution in [0, 0.1) is 5.92 Å². The number of carbonyl (C=O) groups is 3. The van der Waals surface area contributed by atoms with Crippen molar-refractivity contribution in [3.05, 3.63) is 12.3 Å². The Morgan fingerprint density at radius 3 is 2.73 bits per heavy atom. The molecule has 3 aliphatic rings. The molecular formula is C14H18N2O5S. The summed E-state index contributed by atoms with van der Waals surface area (Å²) in [4.78, 5) is 36.7. The van der Waals surface area contributed by atoms with Gasteiger partial charge in [-0.2, -0.15) is 0 Å². The monoisotopic (exact) mass is 326 g/mol. The number of alkyl carbamates (subject to hydrolysis) is 1. The van der Waals surface area contributed by atoms with E-state index < -0.39 is 28.2 Å². The molecule has 8 heteroatoms. The van der Waals surface area contributed by atoms with Crippen LogP contribution in [0.5, 0.6) is 0 Å². The van der Waals surface area contributed by atoms with Gasteiger partial charge < -0.3 is 15.2 Å². The minimum absolute atomic E-state index is 0.165. The lowest BCUT2D eigenvalue weighted by Crippen LogP contribution is -2.66. The number of ether oxygens (including phenoxy) is 1. The Hall–Kier alpha value is -1.70. The Labute approximate surface area is 132 Å². The van der Waals surface area contributed by atoms with Crippen LogP contribution in [0.25, 0.3) is 0 Å². The van der Waals surface area contributed by atoms with E-state index >= 15 is 0 Å². The molecule has 0 radical (unpaired) electrons. The number of hydrogen-bond acceptors (Lipinski definition) is 5. The number of hydrogen-bond donors (Lipinski definition) is 2. The molecule has 120 valence electrons. The minimum Gasteiger partial charge on any atom is -0.480 e. The Morgan fingerprint density at radius 1 is 1.55 bits per heavy atom. The smallest absolute Gasteiger partial charge is 0.408 e. The van der Waals surface area contributed by atoms with Gasteiger partial charge in [-0.1, -0.05) is 6.58 Å². The predicted molar refractivity (Wildman–Crippen MR) is 79.0 cm³/mol. The molecular weight excluding hydrogens is 308 g/mol. The van der Waals surface area contributed by atoms with E-state index in [0.29, 0.717) is 5.92 Å². The second-order valence-electron chi connectivity index (χ2n) is 6.07. The fourth-order valence-electron chi connectivity index (χ4n) is 2.71. The van der Waals surface area contributed by atoms with Crippen molar-refractivity contribution in [2.75, 3.05) is 0 Å². The molecule has 2 saturated heterocycles. The third kappa shape index (κ3) is 2.16. The number of nitrogens with zero attached hydrogens (tertiary/aromatic N) is 1. The molecule has 1 aliphatic carbocycles. The number of nitrogens with one attached hydrogen (secondary N) is 1. The number of thioether (sulfide) groups is 1. The van der Waals surface area contributed by atoms with E-state index in [1.54, 1.807) is 0 Å². The summed E-state index contributed by atoms with van der Waals surface area (Å²) in [6.07, 6.45) is 1.31. The van der Waals surface area contributed by atoms with Crippen molar-refractivity contribution in [3.63, 3.8) is 0 Å². The number of carbonyl (C=O) groups excluding carboxylic acids is 2. The lowest BCUT2D eigenvalue weighted by Gasteiger charge is -2.41. The number of fused-ring (bicyclic) bond motifs is 1. The van der Waals surface area contributed by atoms with Crippen LogP contribution in [0.4, 0.5) is 4.79 Å². The molecule has 3 rings (SSSR count). The highest BCUT2D eigenvalue weighted by atomic mass is 32.2. The molecule has 0 bridgehead atoms. The first-order valence-corrected chi connectivity index (χ1v) is 8.04. The summed E-state index contributed by atoms with van der Waals surface area (Å²) >= 11 is 1.11. The van der Waals surface area contributed by atoms with E-state index in [1.807, 2.05) is 6.92 Å². The van der Waals surface area contributed by atoms with Crippen LogP contribution in [0.3, 0.4) is 0 Å². The summed E-state index contributed by atoms with van der Waals surface area (Å²) in [7, 11) is 0. The van der Waals surface area contributed by atoms with Gasteiger partial charge in [0.05, 0.1) is 0 Å². The molecule has 2 N–H and O–H groups in total. The van der Waals surface area contributed by atoms with Crippen LogP contribution in [0.15, 0.2) is 12.3 Å². The van der Waals surface area contributed by atoms with E-state index in [9.17, 15) is 19.5 Å². The number of carboxylic acid groups (broad SMARTS) is 1. The summed E-state index contributed by atoms with van der Waals surface area (Å²) < 4.78 is 3.99. The third-order valence-corrected chi connectivity index (χ3v) is 6.11. The van der Waals surface area contributed by atoms with Gasteiger partial charge in [0.15, 0.2) is 4.75 Å². The van der Waals surface area contributed by atoms with Crippen LogP contribution in [0.2, 0.25) is 0 Å². The van der Waals surface area contributed by atoms with Gasteiger partial charge in [-0.15, -0.1) is 11.8 Å². The van der Waals surface area contributed by atoms with Crippen molar-refractivity contribution < 1.29 is 24.2 Å². The summed E-state index contributed by atoms with van der Waals surface area (Å²) in [6.45, 7) is 7.06. The lowest BCUT2D eigenvalue weighted by atomic mass is 10.0. The highest BCUT2D eigenvalue weighted by Gasteiger charge is 2.63. The second kappa shape index (κ2) is 4.91. The summed E-state index contributed by atoms with van der Waals surface area (Å²) in [5.41, 5.74) is 0.248. The molecule has 22 heavy (non-hydrogen) atoms. The summed E-state index contributed by atoms with van der Waals surface area (Å²) in [5, 5.41) is 11.4. The van der Waals surface area contributed by atoms with E-state index in [0.717, 1.165) is 24.6 Å². The van der Waals surface area contributed by atoms with Gasteiger partial charge in [-0.05, 0) is 32.6 Å². The maximum Gasteiger partial charge on any atom is 0.408 e. The molecule has 0 aromatic heterocycles. The summed E-state index contributed by atoms with van der Waals surface area (Å²) in [5.74, 6) is -0.979. The maximum absolute atomic E-state index is 12.1. The van der Waals surface area contributed by atoms with E-state index in [4.69, 9.17) is 4.74 Å². The normalized spacial score (nSPS) is 34.7. The van der Waals surface area contributed by atoms with Gasteiger partial charge in [0.1, 0.15) is 17.5 Å². The minimum atomic E-state index is -1.25. The van der Waals surface area contributed by atoms with Gasteiger partial charge in [0.25, 0.3) is 5.91 Å². The molecule has 2 heterocycles. The number of rotatable bonds is 4. The first-order valence-electron chi connectivity index (χ1n) is 7.16. The Morgan fingerprint density at radius 2 is 2.18 bits per heavy atom. The summed E-state index contributed by atoms with van der Waals surface area (Å²) in [6, 6.07) is -0.762. The standard InChI is InChI=1S/C14H18N2O5S/c1-6(8-4-5-8)21-13(20)15-9-10(17)16-7(2)14(3,12(18)19)22-11(9)16/h6,8-9,11H,2,4-5H2,1,3H3,(H,15,20)(H,18,19)/t6?,9?,11-,14?/m1/s1. The van der Waals surface area contributed by atoms with Crippen LogP contribution >= 0.6 is 11.8 Å². The first-order chi connectivity index (χ1) is 10.3. The van der Waals surface area contributed by atoms with Crippen molar-refractivity contribution in [2.24, 2.45) is 5.92 Å². The van der Waals surface area contributed by atoms with Gasteiger partial charge in [-0.25, -0.2) is 4.79 Å². The maximum atomic E-state index is 12.1. The number of aliphatic carboxylic acids is 1. The molecule has 0 aromatic rings. The quantitative estimate of drug-likeness (QED) is 0.753. The van der Waals surface area contributed by atoms with Crippen LogP contribution < -0.4 is 5.32 Å². The third-order valence-electron chi connectivity index (χ3n) is 4.50. The Kier molecular flexibility index (Phi) is 3.39. The van der Waals surface area contributed by atoms with Crippen molar-refractivity contribution in [3.8, 4) is 0 Å². The molecule has 3 unspecified atom stereocenters. The topological polar surface area (TPSA) is 95.9 Å². The average molecular weight is 326 g/mol. The van der Waals surface area contributed by atoms with E-state index in [-0.39, 0.29) is 17.7 Å². The van der Waals surface area contributed by atoms with Crippen LogP contribution in [-0.2, 0) is 14.3 Å². The SMILES string of the molecule is C=C1N2C(=O)C(NC(=O)OC(C)C3CC3)[C@H]2SC1(C)C(=O)O. The molecule has 2 aliphatic heterocycles. The Balaban J connectivity index is 1.63. The van der Waals surface area contributed by atoms with Crippen molar-refractivity contribution in [2.45, 2.75) is 49.0 Å². The average Bonchev–Trinajstić information content (AvgIpc) is 3.25. The highest BCUT2D eigenvalue weighted by molar-refractivity contribution is 8.02.